The Bertz CT molecular complexity index is 422. The molecule has 3 atom stereocenters. The Balaban J connectivity index is 1.85. The summed E-state index contributed by atoms with van der Waals surface area (Å²) in [5.41, 5.74) is 1.09. The van der Waals surface area contributed by atoms with Crippen LogP contribution in [0.3, 0.4) is 0 Å². The van der Waals surface area contributed by atoms with Crippen LogP contribution in [0, 0.1) is 5.92 Å². The summed E-state index contributed by atoms with van der Waals surface area (Å²) in [7, 11) is 0. The molecule has 3 unspecified atom stereocenters. The van der Waals surface area contributed by atoms with E-state index in [-0.39, 0.29) is 30.6 Å². The fourth-order valence-corrected chi connectivity index (χ4v) is 2.85. The van der Waals surface area contributed by atoms with Crippen molar-refractivity contribution in [3.05, 3.63) is 35.9 Å². The van der Waals surface area contributed by atoms with Crippen molar-refractivity contribution in [1.29, 1.82) is 0 Å². The molecule has 1 aromatic carbocycles. The number of aliphatic hydroxyl groups is 1. The molecule has 4 heteroatoms. The molecular formula is C16H24N2O2. The molecular weight excluding hydrogens is 252 g/mol. The number of nitrogens with one attached hydrogen (secondary N) is 2. The van der Waals surface area contributed by atoms with Crippen molar-refractivity contribution in [2.45, 2.75) is 44.7 Å². The molecule has 0 bridgehead atoms. The summed E-state index contributed by atoms with van der Waals surface area (Å²) < 4.78 is 0. The highest BCUT2D eigenvalue weighted by Crippen LogP contribution is 2.24. The third-order valence-corrected chi connectivity index (χ3v) is 4.11. The van der Waals surface area contributed by atoms with Gasteiger partial charge in [0.15, 0.2) is 0 Å². The van der Waals surface area contributed by atoms with Crippen molar-refractivity contribution in [2.24, 2.45) is 5.92 Å². The minimum atomic E-state index is -0.147. The fraction of sp³-hybridized carbons (Fsp3) is 0.562. The average molecular weight is 276 g/mol. The number of benzene rings is 1. The topological polar surface area (TPSA) is 61.4 Å². The molecule has 0 aromatic heterocycles. The number of hydrogen-bond donors (Lipinski definition) is 3. The van der Waals surface area contributed by atoms with E-state index in [0.717, 1.165) is 31.2 Å². The quantitative estimate of drug-likeness (QED) is 0.791. The zero-order valence-electron chi connectivity index (χ0n) is 12.0. The molecule has 1 aliphatic carbocycles. The Morgan fingerprint density at radius 1 is 1.30 bits per heavy atom. The number of amides is 2. The Labute approximate surface area is 120 Å². The molecule has 1 aliphatic rings. The van der Waals surface area contributed by atoms with Gasteiger partial charge in [0.2, 0.25) is 0 Å². The van der Waals surface area contributed by atoms with Gasteiger partial charge in [-0.25, -0.2) is 4.79 Å². The van der Waals surface area contributed by atoms with E-state index >= 15 is 0 Å². The van der Waals surface area contributed by atoms with E-state index in [9.17, 15) is 9.90 Å². The van der Waals surface area contributed by atoms with Crippen LogP contribution in [-0.4, -0.2) is 23.8 Å². The normalized spacial score (nSPS) is 23.9. The lowest BCUT2D eigenvalue weighted by molar-refractivity contribution is 0.153. The lowest BCUT2D eigenvalue weighted by atomic mass is 9.85. The van der Waals surface area contributed by atoms with Gasteiger partial charge in [-0.1, -0.05) is 43.2 Å². The Morgan fingerprint density at radius 3 is 2.70 bits per heavy atom. The van der Waals surface area contributed by atoms with Crippen molar-refractivity contribution in [3.8, 4) is 0 Å². The van der Waals surface area contributed by atoms with Gasteiger partial charge in [0.1, 0.15) is 0 Å². The van der Waals surface area contributed by atoms with Crippen LogP contribution >= 0.6 is 0 Å². The predicted octanol–water partition coefficient (Wildman–Crippen LogP) is 2.60. The second kappa shape index (κ2) is 7.29. The van der Waals surface area contributed by atoms with Gasteiger partial charge in [-0.2, -0.15) is 0 Å². The number of carbonyl (C=O) groups excluding carboxylic acids is 1. The smallest absolute Gasteiger partial charge is 0.315 e. The van der Waals surface area contributed by atoms with E-state index in [1.54, 1.807) is 0 Å². The summed E-state index contributed by atoms with van der Waals surface area (Å²) in [6, 6.07) is 9.83. The van der Waals surface area contributed by atoms with Gasteiger partial charge in [-0.3, -0.25) is 0 Å². The number of aliphatic hydroxyl groups excluding tert-OH is 1. The lowest BCUT2D eigenvalue weighted by Gasteiger charge is -2.31. The number of urea groups is 1. The molecule has 1 fully saturated rings. The zero-order chi connectivity index (χ0) is 14.4. The van der Waals surface area contributed by atoms with Crippen LogP contribution in [0.1, 0.15) is 44.2 Å². The third kappa shape index (κ3) is 3.97. The average Bonchev–Trinajstić information content (AvgIpc) is 2.48. The van der Waals surface area contributed by atoms with Crippen molar-refractivity contribution in [3.63, 3.8) is 0 Å². The molecule has 1 aromatic rings. The molecule has 2 amide bonds. The van der Waals surface area contributed by atoms with Crippen molar-refractivity contribution in [2.75, 3.05) is 6.61 Å². The second-order valence-corrected chi connectivity index (χ2v) is 5.58. The SMILES string of the molecule is CC(NC(=O)NC1CCCCC1CO)c1ccccc1. The van der Waals surface area contributed by atoms with Crippen LogP contribution in [0.5, 0.6) is 0 Å². The summed E-state index contributed by atoms with van der Waals surface area (Å²) in [5, 5.41) is 15.3. The predicted molar refractivity (Wildman–Crippen MR) is 79.4 cm³/mol. The van der Waals surface area contributed by atoms with Gasteiger partial charge in [-0.15, -0.1) is 0 Å². The van der Waals surface area contributed by atoms with Crippen molar-refractivity contribution in [1.82, 2.24) is 10.6 Å². The van der Waals surface area contributed by atoms with E-state index in [4.69, 9.17) is 0 Å². The maximum Gasteiger partial charge on any atom is 0.315 e. The molecule has 20 heavy (non-hydrogen) atoms. The molecule has 0 aliphatic heterocycles. The fourth-order valence-electron chi connectivity index (χ4n) is 2.85. The van der Waals surface area contributed by atoms with Gasteiger partial charge < -0.3 is 15.7 Å². The van der Waals surface area contributed by atoms with E-state index in [1.165, 1.54) is 0 Å². The standard InChI is InChI=1S/C16H24N2O2/c1-12(13-7-3-2-4-8-13)17-16(20)18-15-10-6-5-9-14(15)11-19/h2-4,7-8,12,14-15,19H,5-6,9-11H2,1H3,(H2,17,18,20). The highest BCUT2D eigenvalue weighted by atomic mass is 16.3. The first-order chi connectivity index (χ1) is 9.70. The van der Waals surface area contributed by atoms with Crippen LogP contribution in [-0.2, 0) is 0 Å². The molecule has 0 radical (unpaired) electrons. The second-order valence-electron chi connectivity index (χ2n) is 5.58. The summed E-state index contributed by atoms with van der Waals surface area (Å²) in [5.74, 6) is 0.196. The molecule has 2 rings (SSSR count). The lowest BCUT2D eigenvalue weighted by Crippen LogP contribution is -2.48. The minimum absolute atomic E-state index is 0.0210. The Morgan fingerprint density at radius 2 is 2.00 bits per heavy atom. The zero-order valence-corrected chi connectivity index (χ0v) is 12.0. The van der Waals surface area contributed by atoms with Crippen LogP contribution in [0.15, 0.2) is 30.3 Å². The number of hydrogen-bond acceptors (Lipinski definition) is 2. The maximum atomic E-state index is 12.1. The first kappa shape index (κ1) is 14.9. The number of rotatable bonds is 4. The van der Waals surface area contributed by atoms with Crippen LogP contribution in [0.25, 0.3) is 0 Å². The molecule has 0 heterocycles. The van der Waals surface area contributed by atoms with Gasteiger partial charge in [0, 0.05) is 18.6 Å². The van der Waals surface area contributed by atoms with Crippen LogP contribution in [0.2, 0.25) is 0 Å². The van der Waals surface area contributed by atoms with Gasteiger partial charge in [-0.05, 0) is 25.3 Å². The summed E-state index contributed by atoms with van der Waals surface area (Å²) >= 11 is 0. The summed E-state index contributed by atoms with van der Waals surface area (Å²) in [4.78, 5) is 12.1. The van der Waals surface area contributed by atoms with E-state index < -0.39 is 0 Å². The van der Waals surface area contributed by atoms with Crippen molar-refractivity contribution >= 4 is 6.03 Å². The highest BCUT2D eigenvalue weighted by molar-refractivity contribution is 5.74. The molecule has 0 saturated heterocycles. The summed E-state index contributed by atoms with van der Waals surface area (Å²) in [6.45, 7) is 2.12. The monoisotopic (exact) mass is 276 g/mol. The van der Waals surface area contributed by atoms with Crippen LogP contribution < -0.4 is 10.6 Å². The maximum absolute atomic E-state index is 12.1. The van der Waals surface area contributed by atoms with Crippen LogP contribution in [0.4, 0.5) is 4.79 Å². The highest BCUT2D eigenvalue weighted by Gasteiger charge is 2.26. The van der Waals surface area contributed by atoms with Crippen molar-refractivity contribution < 1.29 is 9.90 Å². The first-order valence-corrected chi connectivity index (χ1v) is 7.43. The molecule has 0 spiro atoms. The molecule has 1 saturated carbocycles. The number of carbonyl (C=O) groups is 1. The molecule has 3 N–H and O–H groups in total. The van der Waals surface area contributed by atoms with Gasteiger partial charge in [0.05, 0.1) is 6.04 Å². The minimum Gasteiger partial charge on any atom is -0.396 e. The van der Waals surface area contributed by atoms with E-state index in [2.05, 4.69) is 10.6 Å². The first-order valence-electron chi connectivity index (χ1n) is 7.43. The summed E-state index contributed by atoms with van der Waals surface area (Å²) in [6.07, 6.45) is 4.22. The molecule has 4 nitrogen and oxygen atoms in total. The largest absolute Gasteiger partial charge is 0.396 e. The third-order valence-electron chi connectivity index (χ3n) is 4.11. The van der Waals surface area contributed by atoms with E-state index in [1.807, 2.05) is 37.3 Å². The molecule has 110 valence electrons. The van der Waals surface area contributed by atoms with E-state index in [0.29, 0.717) is 0 Å². The Kier molecular flexibility index (Phi) is 5.41. The van der Waals surface area contributed by atoms with Gasteiger partial charge >= 0.3 is 6.03 Å². The Hall–Kier alpha value is -1.55. The van der Waals surface area contributed by atoms with Gasteiger partial charge in [0.25, 0.3) is 0 Å².